The van der Waals surface area contributed by atoms with Crippen molar-refractivity contribution in [3.8, 4) is 0 Å². The van der Waals surface area contributed by atoms with Gasteiger partial charge in [-0.3, -0.25) is 0 Å². The Bertz CT molecular complexity index is 117. The lowest BCUT2D eigenvalue weighted by Crippen LogP contribution is -2.43. The first-order valence-corrected chi connectivity index (χ1v) is 4.94. The van der Waals surface area contributed by atoms with Crippen molar-refractivity contribution in [2.45, 2.75) is 52.2 Å². The van der Waals surface area contributed by atoms with Crippen molar-refractivity contribution in [2.24, 2.45) is 0 Å². The fraction of sp³-hybridized carbons (Fsp3) is 1.00. The molecule has 1 saturated heterocycles. The first-order valence-electron chi connectivity index (χ1n) is 4.94. The van der Waals surface area contributed by atoms with E-state index in [1.807, 2.05) is 27.7 Å². The van der Waals surface area contributed by atoms with Gasteiger partial charge in [0, 0.05) is 6.04 Å². The van der Waals surface area contributed by atoms with Crippen LogP contribution in [0.25, 0.3) is 0 Å². The van der Waals surface area contributed by atoms with Gasteiger partial charge >= 0.3 is 0 Å². The third-order valence-corrected chi connectivity index (χ3v) is 2.34. The molecule has 74 valence electrons. The maximum atomic E-state index is 9.65. The van der Waals surface area contributed by atoms with Gasteiger partial charge in [-0.1, -0.05) is 13.8 Å². The van der Waals surface area contributed by atoms with Gasteiger partial charge in [0.25, 0.3) is 0 Å². The molecule has 1 N–H and O–H groups in total. The summed E-state index contributed by atoms with van der Waals surface area (Å²) in [5.41, 5.74) is -0.523. The van der Waals surface area contributed by atoms with Crippen molar-refractivity contribution in [1.29, 1.82) is 0 Å². The Balaban J connectivity index is 0.000000561. The van der Waals surface area contributed by atoms with E-state index in [0.717, 1.165) is 13.0 Å². The average Bonchev–Trinajstić information content (AvgIpc) is 2.38. The minimum absolute atomic E-state index is 0.368. The standard InChI is InChI=1S/C8H17NO.C2H6/c1-8(2,10)7-5-4-6-9(7)3;1-2/h7,10H,4-6H2,1-3H3;1-2H3/t7-;/m0./s1. The van der Waals surface area contributed by atoms with E-state index in [2.05, 4.69) is 11.9 Å². The van der Waals surface area contributed by atoms with Crippen LogP contribution in [-0.2, 0) is 0 Å². The topological polar surface area (TPSA) is 23.5 Å². The van der Waals surface area contributed by atoms with E-state index < -0.39 is 5.60 Å². The van der Waals surface area contributed by atoms with E-state index in [1.165, 1.54) is 6.42 Å². The van der Waals surface area contributed by atoms with Crippen LogP contribution in [-0.4, -0.2) is 35.2 Å². The molecule has 0 aromatic carbocycles. The van der Waals surface area contributed by atoms with Gasteiger partial charge in [0.2, 0.25) is 0 Å². The van der Waals surface area contributed by atoms with Crippen molar-refractivity contribution >= 4 is 0 Å². The minimum Gasteiger partial charge on any atom is -0.389 e. The third-order valence-electron chi connectivity index (χ3n) is 2.34. The Morgan fingerprint density at radius 2 is 1.83 bits per heavy atom. The second kappa shape index (κ2) is 4.83. The monoisotopic (exact) mass is 173 g/mol. The predicted octanol–water partition coefficient (Wildman–Crippen LogP) is 1.88. The van der Waals surface area contributed by atoms with Gasteiger partial charge in [-0.05, 0) is 40.3 Å². The van der Waals surface area contributed by atoms with Crippen molar-refractivity contribution in [3.05, 3.63) is 0 Å². The second-order valence-electron chi connectivity index (χ2n) is 3.79. The largest absolute Gasteiger partial charge is 0.389 e. The lowest BCUT2D eigenvalue weighted by atomic mass is 9.97. The summed E-state index contributed by atoms with van der Waals surface area (Å²) in [6.07, 6.45) is 2.37. The predicted molar refractivity (Wildman–Crippen MR) is 53.3 cm³/mol. The third kappa shape index (κ3) is 3.11. The highest BCUT2D eigenvalue weighted by Crippen LogP contribution is 2.24. The zero-order valence-electron chi connectivity index (χ0n) is 9.09. The number of nitrogens with zero attached hydrogens (tertiary/aromatic N) is 1. The number of hydrogen-bond donors (Lipinski definition) is 1. The first kappa shape index (κ1) is 11.9. The van der Waals surface area contributed by atoms with Gasteiger partial charge in [-0.2, -0.15) is 0 Å². The summed E-state index contributed by atoms with van der Waals surface area (Å²) in [5, 5.41) is 9.65. The Labute approximate surface area is 76.6 Å². The van der Waals surface area contributed by atoms with Gasteiger partial charge in [-0.25, -0.2) is 0 Å². The smallest absolute Gasteiger partial charge is 0.0746 e. The minimum atomic E-state index is -0.523. The van der Waals surface area contributed by atoms with Crippen LogP contribution in [0.4, 0.5) is 0 Å². The highest BCUT2D eigenvalue weighted by molar-refractivity contribution is 4.88. The van der Waals surface area contributed by atoms with Crippen LogP contribution < -0.4 is 0 Å². The molecule has 0 aromatic heterocycles. The molecule has 1 fully saturated rings. The number of likely N-dealkylation sites (N-methyl/N-ethyl adjacent to an activating group) is 1. The van der Waals surface area contributed by atoms with Crippen molar-refractivity contribution in [3.63, 3.8) is 0 Å². The molecule has 12 heavy (non-hydrogen) atoms. The van der Waals surface area contributed by atoms with Crippen LogP contribution >= 0.6 is 0 Å². The summed E-state index contributed by atoms with van der Waals surface area (Å²) in [4.78, 5) is 2.24. The molecule has 1 rings (SSSR count). The maximum Gasteiger partial charge on any atom is 0.0746 e. The molecule has 0 aromatic rings. The summed E-state index contributed by atoms with van der Waals surface area (Å²) in [6, 6.07) is 0.368. The second-order valence-corrected chi connectivity index (χ2v) is 3.79. The summed E-state index contributed by atoms with van der Waals surface area (Å²) in [7, 11) is 2.08. The molecular weight excluding hydrogens is 150 g/mol. The molecule has 1 aliphatic rings. The van der Waals surface area contributed by atoms with Crippen LogP contribution in [0.3, 0.4) is 0 Å². The average molecular weight is 173 g/mol. The van der Waals surface area contributed by atoms with E-state index in [9.17, 15) is 5.11 Å². The van der Waals surface area contributed by atoms with Crippen molar-refractivity contribution < 1.29 is 5.11 Å². The molecule has 1 heterocycles. The molecule has 0 unspecified atom stereocenters. The van der Waals surface area contributed by atoms with Gasteiger partial charge in [0.15, 0.2) is 0 Å². The Morgan fingerprint density at radius 3 is 2.00 bits per heavy atom. The van der Waals surface area contributed by atoms with Gasteiger partial charge < -0.3 is 10.0 Å². The zero-order chi connectivity index (χ0) is 9.78. The molecule has 0 amide bonds. The molecule has 0 spiro atoms. The number of likely N-dealkylation sites (tertiary alicyclic amines) is 1. The zero-order valence-corrected chi connectivity index (χ0v) is 9.09. The van der Waals surface area contributed by atoms with Crippen LogP contribution in [0.5, 0.6) is 0 Å². The molecule has 0 radical (unpaired) electrons. The van der Waals surface area contributed by atoms with Crippen molar-refractivity contribution in [2.75, 3.05) is 13.6 Å². The highest BCUT2D eigenvalue weighted by Gasteiger charge is 2.33. The molecule has 1 aliphatic heterocycles. The number of hydrogen-bond acceptors (Lipinski definition) is 2. The van der Waals surface area contributed by atoms with Gasteiger partial charge in [0.1, 0.15) is 0 Å². The summed E-state index contributed by atoms with van der Waals surface area (Å²) in [6.45, 7) is 8.91. The highest BCUT2D eigenvalue weighted by atomic mass is 16.3. The van der Waals surface area contributed by atoms with E-state index in [0.29, 0.717) is 6.04 Å². The molecule has 0 aliphatic carbocycles. The quantitative estimate of drug-likeness (QED) is 0.654. The van der Waals surface area contributed by atoms with E-state index >= 15 is 0 Å². The fourth-order valence-corrected chi connectivity index (χ4v) is 1.80. The SMILES string of the molecule is CC.CN1CCC[C@H]1C(C)(C)O. The van der Waals surface area contributed by atoms with E-state index in [1.54, 1.807) is 0 Å². The van der Waals surface area contributed by atoms with Gasteiger partial charge in [0.05, 0.1) is 5.60 Å². The Morgan fingerprint density at radius 1 is 1.33 bits per heavy atom. The van der Waals surface area contributed by atoms with Crippen molar-refractivity contribution in [1.82, 2.24) is 4.90 Å². The first-order chi connectivity index (χ1) is 5.52. The normalized spacial score (nSPS) is 25.0. The molecule has 0 saturated carbocycles. The molecule has 2 nitrogen and oxygen atoms in total. The molecular formula is C10H23NO. The van der Waals surface area contributed by atoms with Crippen LogP contribution in [0.15, 0.2) is 0 Å². The summed E-state index contributed by atoms with van der Waals surface area (Å²) >= 11 is 0. The molecule has 0 bridgehead atoms. The fourth-order valence-electron chi connectivity index (χ4n) is 1.80. The van der Waals surface area contributed by atoms with Crippen LogP contribution in [0.2, 0.25) is 0 Å². The van der Waals surface area contributed by atoms with Crippen LogP contribution in [0, 0.1) is 0 Å². The maximum absolute atomic E-state index is 9.65. The molecule has 1 atom stereocenters. The van der Waals surface area contributed by atoms with E-state index in [4.69, 9.17) is 0 Å². The molecule has 2 heteroatoms. The lowest BCUT2D eigenvalue weighted by molar-refractivity contribution is 0.00607. The number of rotatable bonds is 1. The van der Waals surface area contributed by atoms with Crippen LogP contribution in [0.1, 0.15) is 40.5 Å². The lowest BCUT2D eigenvalue weighted by Gasteiger charge is -2.31. The number of aliphatic hydroxyl groups is 1. The van der Waals surface area contributed by atoms with E-state index in [-0.39, 0.29) is 0 Å². The summed E-state index contributed by atoms with van der Waals surface area (Å²) in [5.74, 6) is 0. The summed E-state index contributed by atoms with van der Waals surface area (Å²) < 4.78 is 0. The Hall–Kier alpha value is -0.0800. The van der Waals surface area contributed by atoms with Gasteiger partial charge in [-0.15, -0.1) is 0 Å². The Kier molecular flexibility index (Phi) is 4.80.